The smallest absolute Gasteiger partial charge is 0.328 e. The van der Waals surface area contributed by atoms with Gasteiger partial charge < -0.3 is 15.2 Å². The minimum atomic E-state index is -0.908. The molecule has 0 aromatic carbocycles. The van der Waals surface area contributed by atoms with Crippen molar-refractivity contribution in [3.05, 3.63) is 0 Å². The van der Waals surface area contributed by atoms with Crippen LogP contribution in [0.25, 0.3) is 0 Å². The Morgan fingerprint density at radius 2 is 2.06 bits per heavy atom. The molecule has 0 amide bonds. The lowest BCUT2D eigenvalue weighted by Crippen LogP contribution is -2.54. The van der Waals surface area contributed by atoms with Gasteiger partial charge in [-0.15, -0.1) is 0 Å². The van der Waals surface area contributed by atoms with Crippen LogP contribution in [-0.4, -0.2) is 31.8 Å². The van der Waals surface area contributed by atoms with E-state index in [1.807, 2.05) is 0 Å². The van der Waals surface area contributed by atoms with Crippen molar-refractivity contribution in [2.24, 2.45) is 17.6 Å². The van der Waals surface area contributed by atoms with E-state index in [9.17, 15) is 4.79 Å². The lowest BCUT2D eigenvalue weighted by Gasteiger charge is -2.28. The van der Waals surface area contributed by atoms with E-state index in [4.69, 9.17) is 15.2 Å². The lowest BCUT2D eigenvalue weighted by atomic mass is 9.83. The third kappa shape index (κ3) is 2.99. The molecule has 17 heavy (non-hydrogen) atoms. The van der Waals surface area contributed by atoms with Gasteiger partial charge in [-0.25, -0.2) is 4.79 Å². The fraction of sp³-hybridized carbons (Fsp3) is 0.923. The minimum Gasteiger partial charge on any atom is -0.468 e. The van der Waals surface area contributed by atoms with Gasteiger partial charge in [-0.2, -0.15) is 0 Å². The second-order valence-corrected chi connectivity index (χ2v) is 5.44. The van der Waals surface area contributed by atoms with Gasteiger partial charge in [0.1, 0.15) is 5.54 Å². The summed E-state index contributed by atoms with van der Waals surface area (Å²) in [4.78, 5) is 11.7. The summed E-state index contributed by atoms with van der Waals surface area (Å²) in [6, 6.07) is 0. The molecule has 1 atom stereocenters. The molecule has 0 saturated heterocycles. The SMILES string of the molecule is COC(=O)C(N)(COCCC1CCC1)C1CC1. The number of esters is 1. The highest BCUT2D eigenvalue weighted by atomic mass is 16.5. The number of nitrogens with two attached hydrogens (primary N) is 1. The van der Waals surface area contributed by atoms with E-state index in [2.05, 4.69) is 0 Å². The van der Waals surface area contributed by atoms with Crippen LogP contribution in [0.1, 0.15) is 38.5 Å². The van der Waals surface area contributed by atoms with Gasteiger partial charge in [0, 0.05) is 6.61 Å². The Hall–Kier alpha value is -0.610. The van der Waals surface area contributed by atoms with Crippen LogP contribution >= 0.6 is 0 Å². The molecule has 0 bridgehead atoms. The highest BCUT2D eigenvalue weighted by Gasteiger charge is 2.49. The summed E-state index contributed by atoms with van der Waals surface area (Å²) in [5.41, 5.74) is 5.21. The van der Waals surface area contributed by atoms with Crippen LogP contribution in [-0.2, 0) is 14.3 Å². The van der Waals surface area contributed by atoms with E-state index in [1.54, 1.807) is 0 Å². The molecule has 2 N–H and O–H groups in total. The Kier molecular flexibility index (Phi) is 4.05. The first-order valence-electron chi connectivity index (χ1n) is 6.62. The molecule has 2 aliphatic rings. The van der Waals surface area contributed by atoms with Crippen molar-refractivity contribution < 1.29 is 14.3 Å². The number of carbonyl (C=O) groups is 1. The van der Waals surface area contributed by atoms with Crippen molar-refractivity contribution in [2.45, 2.75) is 44.1 Å². The molecule has 0 spiro atoms. The summed E-state index contributed by atoms with van der Waals surface area (Å²) >= 11 is 0. The van der Waals surface area contributed by atoms with Crippen molar-refractivity contribution in [3.63, 3.8) is 0 Å². The van der Waals surface area contributed by atoms with Crippen molar-refractivity contribution in [3.8, 4) is 0 Å². The molecule has 4 nitrogen and oxygen atoms in total. The number of hydrogen-bond acceptors (Lipinski definition) is 4. The topological polar surface area (TPSA) is 61.5 Å². The largest absolute Gasteiger partial charge is 0.468 e. The molecular formula is C13H23NO3. The molecular weight excluding hydrogens is 218 g/mol. The highest BCUT2D eigenvalue weighted by molar-refractivity contribution is 5.81. The summed E-state index contributed by atoms with van der Waals surface area (Å²) < 4.78 is 10.4. The number of ether oxygens (including phenoxy) is 2. The van der Waals surface area contributed by atoms with E-state index < -0.39 is 5.54 Å². The number of methoxy groups -OCH3 is 1. The predicted octanol–water partition coefficient (Wildman–Crippen LogP) is 1.47. The first kappa shape index (κ1) is 12.8. The Morgan fingerprint density at radius 3 is 2.53 bits per heavy atom. The fourth-order valence-corrected chi connectivity index (χ4v) is 2.40. The quantitative estimate of drug-likeness (QED) is 0.541. The van der Waals surface area contributed by atoms with Gasteiger partial charge in [0.05, 0.1) is 13.7 Å². The maximum absolute atomic E-state index is 11.7. The van der Waals surface area contributed by atoms with E-state index >= 15 is 0 Å². The number of rotatable bonds is 7. The molecule has 0 aromatic rings. The highest BCUT2D eigenvalue weighted by Crippen LogP contribution is 2.39. The Balaban J connectivity index is 1.71. The number of hydrogen-bond donors (Lipinski definition) is 1. The van der Waals surface area contributed by atoms with Gasteiger partial charge in [0.15, 0.2) is 0 Å². The summed E-state index contributed by atoms with van der Waals surface area (Å²) in [5, 5.41) is 0. The maximum Gasteiger partial charge on any atom is 0.328 e. The molecule has 2 fully saturated rings. The first-order chi connectivity index (χ1) is 8.16. The second-order valence-electron chi connectivity index (χ2n) is 5.44. The zero-order valence-corrected chi connectivity index (χ0v) is 10.6. The second kappa shape index (κ2) is 5.36. The molecule has 0 aliphatic heterocycles. The standard InChI is InChI=1S/C13H23NO3/c1-16-12(15)13(14,11-5-6-11)9-17-8-7-10-3-2-4-10/h10-11H,2-9,14H2,1H3. The zero-order chi connectivity index (χ0) is 12.3. The minimum absolute atomic E-state index is 0.249. The average Bonchev–Trinajstić information content (AvgIpc) is 3.08. The monoisotopic (exact) mass is 241 g/mol. The van der Waals surface area contributed by atoms with Crippen LogP contribution in [0.5, 0.6) is 0 Å². The molecule has 98 valence electrons. The van der Waals surface area contributed by atoms with Crippen molar-refractivity contribution in [1.82, 2.24) is 0 Å². The molecule has 2 saturated carbocycles. The van der Waals surface area contributed by atoms with Crippen LogP contribution in [0.3, 0.4) is 0 Å². The van der Waals surface area contributed by atoms with Crippen LogP contribution in [0.4, 0.5) is 0 Å². The predicted molar refractivity (Wildman–Crippen MR) is 64.4 cm³/mol. The van der Waals surface area contributed by atoms with E-state index in [0.717, 1.165) is 25.2 Å². The van der Waals surface area contributed by atoms with Crippen LogP contribution < -0.4 is 5.73 Å². The first-order valence-corrected chi connectivity index (χ1v) is 6.62. The van der Waals surface area contributed by atoms with Crippen LogP contribution in [0.15, 0.2) is 0 Å². The number of carbonyl (C=O) groups excluding carboxylic acids is 1. The maximum atomic E-state index is 11.7. The molecule has 0 heterocycles. The van der Waals surface area contributed by atoms with E-state index in [-0.39, 0.29) is 11.9 Å². The molecule has 0 radical (unpaired) electrons. The lowest BCUT2D eigenvalue weighted by molar-refractivity contribution is -0.150. The van der Waals surface area contributed by atoms with Gasteiger partial charge in [-0.05, 0) is 31.1 Å². The van der Waals surface area contributed by atoms with Gasteiger partial charge in [-0.1, -0.05) is 19.3 Å². The summed E-state index contributed by atoms with van der Waals surface area (Å²) in [5.74, 6) is 0.753. The van der Waals surface area contributed by atoms with Crippen molar-refractivity contribution in [2.75, 3.05) is 20.3 Å². The van der Waals surface area contributed by atoms with Crippen molar-refractivity contribution in [1.29, 1.82) is 0 Å². The molecule has 2 rings (SSSR count). The Labute approximate surface area is 103 Å². The van der Waals surface area contributed by atoms with Crippen LogP contribution in [0, 0.1) is 11.8 Å². The molecule has 0 aromatic heterocycles. The average molecular weight is 241 g/mol. The van der Waals surface area contributed by atoms with Gasteiger partial charge >= 0.3 is 5.97 Å². The van der Waals surface area contributed by atoms with Gasteiger partial charge in [-0.3, -0.25) is 0 Å². The van der Waals surface area contributed by atoms with E-state index in [0.29, 0.717) is 13.2 Å². The fourth-order valence-electron chi connectivity index (χ4n) is 2.40. The third-order valence-corrected chi connectivity index (χ3v) is 4.11. The molecule has 4 heteroatoms. The Bertz CT molecular complexity index is 274. The van der Waals surface area contributed by atoms with Crippen molar-refractivity contribution >= 4 is 5.97 Å². The molecule has 1 unspecified atom stereocenters. The third-order valence-electron chi connectivity index (χ3n) is 4.11. The summed E-state index contributed by atoms with van der Waals surface area (Å²) in [6.07, 6.45) is 7.14. The van der Waals surface area contributed by atoms with Crippen LogP contribution in [0.2, 0.25) is 0 Å². The molecule has 2 aliphatic carbocycles. The summed E-state index contributed by atoms with van der Waals surface area (Å²) in [6.45, 7) is 1.02. The van der Waals surface area contributed by atoms with E-state index in [1.165, 1.54) is 26.4 Å². The Morgan fingerprint density at radius 1 is 1.35 bits per heavy atom. The van der Waals surface area contributed by atoms with Gasteiger partial charge in [0.2, 0.25) is 0 Å². The zero-order valence-electron chi connectivity index (χ0n) is 10.6. The van der Waals surface area contributed by atoms with Gasteiger partial charge in [0.25, 0.3) is 0 Å². The summed E-state index contributed by atoms with van der Waals surface area (Å²) in [7, 11) is 1.39. The normalized spacial score (nSPS) is 23.9.